The molecule has 4 aromatic rings. The van der Waals surface area contributed by atoms with Crippen LogP contribution >= 0.6 is 0 Å². The monoisotopic (exact) mass is 454 g/mol. The minimum absolute atomic E-state index is 0.0261. The zero-order valence-electron chi connectivity index (χ0n) is 19.1. The average Bonchev–Trinajstić information content (AvgIpc) is 3.08. The highest BCUT2D eigenvalue weighted by atomic mass is 16.2. The first-order chi connectivity index (χ1) is 16.5. The molecule has 0 aliphatic carbocycles. The Morgan fingerprint density at radius 3 is 2.03 bits per heavy atom. The molecule has 34 heavy (non-hydrogen) atoms. The maximum Gasteiger partial charge on any atom is 0.295 e. The van der Waals surface area contributed by atoms with Crippen LogP contribution in [0.25, 0.3) is 5.69 Å². The number of benzene rings is 3. The van der Waals surface area contributed by atoms with E-state index in [1.807, 2.05) is 66.7 Å². The Bertz CT molecular complexity index is 1340. The Morgan fingerprint density at radius 2 is 1.41 bits per heavy atom. The molecule has 1 atom stereocenters. The van der Waals surface area contributed by atoms with E-state index in [0.29, 0.717) is 16.9 Å². The van der Waals surface area contributed by atoms with E-state index in [0.717, 1.165) is 5.56 Å². The summed E-state index contributed by atoms with van der Waals surface area (Å²) >= 11 is 0. The molecule has 0 radical (unpaired) electrons. The molecular formula is C27H26N4O3. The summed E-state index contributed by atoms with van der Waals surface area (Å²) in [5, 5.41) is 5.73. The van der Waals surface area contributed by atoms with Crippen LogP contribution in [0.15, 0.2) is 95.8 Å². The maximum atomic E-state index is 13.1. The van der Waals surface area contributed by atoms with Crippen molar-refractivity contribution in [1.29, 1.82) is 0 Å². The van der Waals surface area contributed by atoms with Crippen LogP contribution in [0.5, 0.6) is 0 Å². The number of hydrogen-bond acceptors (Lipinski definition) is 3. The molecule has 0 spiro atoms. The normalized spacial score (nSPS) is 11.6. The fourth-order valence-corrected chi connectivity index (χ4v) is 3.86. The lowest BCUT2D eigenvalue weighted by atomic mass is 10.0. The lowest BCUT2D eigenvalue weighted by molar-refractivity contribution is -0.116. The lowest BCUT2D eigenvalue weighted by Gasteiger charge is -2.19. The summed E-state index contributed by atoms with van der Waals surface area (Å²) in [5.41, 5.74) is 2.55. The van der Waals surface area contributed by atoms with Gasteiger partial charge < -0.3 is 10.6 Å². The van der Waals surface area contributed by atoms with Crippen molar-refractivity contribution >= 4 is 17.5 Å². The van der Waals surface area contributed by atoms with Crippen molar-refractivity contribution in [2.75, 3.05) is 5.32 Å². The second-order valence-electron chi connectivity index (χ2n) is 7.99. The first-order valence-corrected chi connectivity index (χ1v) is 11.0. The standard InChI is InChI=1S/C27H26N4O3/c1-19-25(27(34)31(30(19)2)22-16-10-5-11-17-22)29-24(32)18-23(20-12-6-3-7-13-20)28-26(33)21-14-8-4-9-15-21/h3-17,23H,18H2,1-2H3,(H,28,33)(H,29,32). The third kappa shape index (κ3) is 4.83. The quantitative estimate of drug-likeness (QED) is 0.443. The van der Waals surface area contributed by atoms with Crippen LogP contribution in [0.1, 0.15) is 34.1 Å². The highest BCUT2D eigenvalue weighted by Gasteiger charge is 2.22. The number of para-hydroxylation sites is 1. The maximum absolute atomic E-state index is 13.1. The van der Waals surface area contributed by atoms with E-state index < -0.39 is 6.04 Å². The van der Waals surface area contributed by atoms with E-state index in [1.54, 1.807) is 42.9 Å². The van der Waals surface area contributed by atoms with Gasteiger partial charge in [0.05, 0.1) is 23.8 Å². The number of hydrogen-bond donors (Lipinski definition) is 2. The van der Waals surface area contributed by atoms with Crippen LogP contribution < -0.4 is 16.2 Å². The Morgan fingerprint density at radius 1 is 0.853 bits per heavy atom. The van der Waals surface area contributed by atoms with Crippen LogP contribution in [-0.4, -0.2) is 21.2 Å². The molecule has 1 heterocycles. The minimum Gasteiger partial charge on any atom is -0.345 e. The molecule has 0 aliphatic rings. The molecule has 0 saturated carbocycles. The lowest BCUT2D eigenvalue weighted by Crippen LogP contribution is -2.32. The predicted octanol–water partition coefficient (Wildman–Crippen LogP) is 3.98. The molecule has 1 aromatic heterocycles. The fraction of sp³-hybridized carbons (Fsp3) is 0.148. The second-order valence-corrected chi connectivity index (χ2v) is 7.99. The first kappa shape index (κ1) is 22.8. The Hall–Kier alpha value is -4.39. The van der Waals surface area contributed by atoms with Crippen molar-refractivity contribution < 1.29 is 9.59 Å². The highest BCUT2D eigenvalue weighted by Crippen LogP contribution is 2.20. The molecule has 4 rings (SSSR count). The van der Waals surface area contributed by atoms with Crippen LogP contribution in [0.4, 0.5) is 5.69 Å². The van der Waals surface area contributed by atoms with Crippen LogP contribution in [0.2, 0.25) is 0 Å². The average molecular weight is 455 g/mol. The third-order valence-corrected chi connectivity index (χ3v) is 5.75. The van der Waals surface area contributed by atoms with Gasteiger partial charge in [0.25, 0.3) is 11.5 Å². The van der Waals surface area contributed by atoms with Gasteiger partial charge in [-0.05, 0) is 36.8 Å². The Balaban J connectivity index is 1.57. The molecule has 0 fully saturated rings. The molecule has 1 unspecified atom stereocenters. The Labute approximate surface area is 197 Å². The number of nitrogens with zero attached hydrogens (tertiary/aromatic N) is 2. The summed E-state index contributed by atoms with van der Waals surface area (Å²) in [5.74, 6) is -0.641. The van der Waals surface area contributed by atoms with Gasteiger partial charge in [0.15, 0.2) is 0 Å². The van der Waals surface area contributed by atoms with Gasteiger partial charge in [0, 0.05) is 12.6 Å². The summed E-state index contributed by atoms with van der Waals surface area (Å²) in [6.45, 7) is 1.78. The van der Waals surface area contributed by atoms with E-state index in [1.165, 1.54) is 4.68 Å². The van der Waals surface area contributed by atoms with Gasteiger partial charge in [0.1, 0.15) is 5.69 Å². The number of aromatic nitrogens is 2. The molecule has 0 saturated heterocycles. The summed E-state index contributed by atoms with van der Waals surface area (Å²) in [6, 6.07) is 26.8. The van der Waals surface area contributed by atoms with E-state index >= 15 is 0 Å². The Kier molecular flexibility index (Phi) is 6.73. The van der Waals surface area contributed by atoms with Crippen molar-refractivity contribution in [3.8, 4) is 5.69 Å². The van der Waals surface area contributed by atoms with Gasteiger partial charge in [-0.1, -0.05) is 66.7 Å². The van der Waals surface area contributed by atoms with Crippen LogP contribution in [0, 0.1) is 6.92 Å². The fourth-order valence-electron chi connectivity index (χ4n) is 3.86. The van der Waals surface area contributed by atoms with Crippen LogP contribution in [-0.2, 0) is 11.8 Å². The highest BCUT2D eigenvalue weighted by molar-refractivity contribution is 5.96. The minimum atomic E-state index is -0.561. The predicted molar refractivity (Wildman–Crippen MR) is 132 cm³/mol. The van der Waals surface area contributed by atoms with Gasteiger partial charge in [-0.25, -0.2) is 4.68 Å². The largest absolute Gasteiger partial charge is 0.345 e. The van der Waals surface area contributed by atoms with E-state index in [2.05, 4.69) is 10.6 Å². The van der Waals surface area contributed by atoms with Gasteiger partial charge in [0.2, 0.25) is 5.91 Å². The van der Waals surface area contributed by atoms with Crippen molar-refractivity contribution in [3.63, 3.8) is 0 Å². The number of rotatable bonds is 7. The SMILES string of the molecule is Cc1c(NC(=O)CC(NC(=O)c2ccccc2)c2ccccc2)c(=O)n(-c2ccccc2)n1C. The molecule has 3 aromatic carbocycles. The number of carbonyl (C=O) groups is 2. The molecular weight excluding hydrogens is 428 g/mol. The summed E-state index contributed by atoms with van der Waals surface area (Å²) in [4.78, 5) is 39.0. The molecule has 7 nitrogen and oxygen atoms in total. The number of nitrogens with one attached hydrogen (secondary N) is 2. The van der Waals surface area contributed by atoms with E-state index in [-0.39, 0.29) is 29.5 Å². The zero-order valence-corrected chi connectivity index (χ0v) is 19.1. The van der Waals surface area contributed by atoms with Crippen molar-refractivity contribution in [2.24, 2.45) is 7.05 Å². The number of anilines is 1. The number of carbonyl (C=O) groups excluding carboxylic acids is 2. The molecule has 0 bridgehead atoms. The summed E-state index contributed by atoms with van der Waals surface area (Å²) in [6.07, 6.45) is -0.0261. The molecule has 7 heteroatoms. The molecule has 2 amide bonds. The van der Waals surface area contributed by atoms with Crippen molar-refractivity contribution in [2.45, 2.75) is 19.4 Å². The molecule has 2 N–H and O–H groups in total. The summed E-state index contributed by atoms with van der Waals surface area (Å²) < 4.78 is 3.22. The third-order valence-electron chi connectivity index (χ3n) is 5.75. The first-order valence-electron chi connectivity index (χ1n) is 11.0. The van der Waals surface area contributed by atoms with E-state index in [4.69, 9.17) is 0 Å². The second kappa shape index (κ2) is 10.0. The summed E-state index contributed by atoms with van der Waals surface area (Å²) in [7, 11) is 1.77. The zero-order chi connectivity index (χ0) is 24.1. The smallest absolute Gasteiger partial charge is 0.295 e. The molecule has 0 aliphatic heterocycles. The molecule has 172 valence electrons. The van der Waals surface area contributed by atoms with E-state index in [9.17, 15) is 14.4 Å². The van der Waals surface area contributed by atoms with Gasteiger partial charge in [-0.3, -0.25) is 19.1 Å². The van der Waals surface area contributed by atoms with Gasteiger partial charge >= 0.3 is 0 Å². The van der Waals surface area contributed by atoms with Crippen molar-refractivity contribution in [3.05, 3.63) is 118 Å². The topological polar surface area (TPSA) is 85.1 Å². The van der Waals surface area contributed by atoms with Gasteiger partial charge in [-0.2, -0.15) is 0 Å². The van der Waals surface area contributed by atoms with Crippen molar-refractivity contribution in [1.82, 2.24) is 14.7 Å². The number of amides is 2. The van der Waals surface area contributed by atoms with Crippen LogP contribution in [0.3, 0.4) is 0 Å². The van der Waals surface area contributed by atoms with Gasteiger partial charge in [-0.15, -0.1) is 0 Å².